The first-order valence-electron chi connectivity index (χ1n) is 4.83. The smallest absolute Gasteiger partial charge is 0.282 e. The second kappa shape index (κ2) is 4.80. The predicted molar refractivity (Wildman–Crippen MR) is 69.2 cm³/mol. The third-order valence-electron chi connectivity index (χ3n) is 2.34. The first-order valence-corrected chi connectivity index (χ1v) is 6.22. The highest BCUT2D eigenvalue weighted by Gasteiger charge is 2.29. The summed E-state index contributed by atoms with van der Waals surface area (Å²) >= 11 is 6.43. The van der Waals surface area contributed by atoms with E-state index in [-0.39, 0.29) is 11.3 Å². The molecule has 7 heteroatoms. The molecule has 0 radical (unpaired) electrons. The number of hydrogen-bond donors (Lipinski definition) is 0. The second-order valence-corrected chi connectivity index (χ2v) is 5.07. The Hall–Kier alpha value is -1.47. The van der Waals surface area contributed by atoms with Crippen LogP contribution in [0.25, 0.3) is 0 Å². The lowest BCUT2D eigenvalue weighted by atomic mass is 10.1. The molecule has 0 N–H and O–H groups in total. The molecule has 1 saturated heterocycles. The Balaban J connectivity index is 2.37. The average molecular weight is 268 g/mol. The molecular weight excluding hydrogens is 260 g/mol. The molecule has 1 aromatic carbocycles. The minimum atomic E-state index is -0.556. The van der Waals surface area contributed by atoms with Crippen LogP contribution in [0.3, 0.4) is 0 Å². The minimum absolute atomic E-state index is 0.0855. The number of carbonyl (C=O) groups is 1. The van der Waals surface area contributed by atoms with Crippen molar-refractivity contribution in [3.8, 4) is 0 Å². The van der Waals surface area contributed by atoms with Gasteiger partial charge in [0.2, 0.25) is 0 Å². The van der Waals surface area contributed by atoms with Gasteiger partial charge in [-0.25, -0.2) is 0 Å². The first-order chi connectivity index (χ1) is 8.11. The highest BCUT2D eigenvalue weighted by molar-refractivity contribution is 8.23. The first kappa shape index (κ1) is 12.0. The third-order valence-corrected chi connectivity index (χ3v) is 3.77. The Morgan fingerprint density at radius 1 is 1.47 bits per heavy atom. The fourth-order valence-electron chi connectivity index (χ4n) is 1.54. The zero-order chi connectivity index (χ0) is 12.4. The van der Waals surface area contributed by atoms with Crippen molar-refractivity contribution in [1.29, 1.82) is 0 Å². The molecule has 1 aliphatic heterocycles. The predicted octanol–water partition coefficient (Wildman–Crippen LogP) is 2.07. The molecule has 1 amide bonds. The van der Waals surface area contributed by atoms with Gasteiger partial charge in [0, 0.05) is 18.4 Å². The van der Waals surface area contributed by atoms with Gasteiger partial charge < -0.3 is 0 Å². The summed E-state index contributed by atoms with van der Waals surface area (Å²) in [5.41, 5.74) is -0.0976. The third kappa shape index (κ3) is 2.29. The van der Waals surface area contributed by atoms with Crippen LogP contribution in [0.15, 0.2) is 24.3 Å². The van der Waals surface area contributed by atoms with Crippen LogP contribution >= 0.6 is 24.0 Å². The Labute approximate surface area is 107 Å². The largest absolute Gasteiger partial charge is 0.293 e. The molecule has 0 aromatic heterocycles. The van der Waals surface area contributed by atoms with E-state index in [1.165, 1.54) is 34.9 Å². The molecule has 1 aliphatic rings. The Bertz CT molecular complexity index is 504. The van der Waals surface area contributed by atoms with Crippen molar-refractivity contribution >= 4 is 39.9 Å². The maximum Gasteiger partial charge on any atom is 0.282 e. The van der Waals surface area contributed by atoms with Gasteiger partial charge in [-0.05, 0) is 6.07 Å². The fourth-order valence-corrected chi connectivity index (χ4v) is 2.74. The quantitative estimate of drug-likeness (QED) is 0.467. The van der Waals surface area contributed by atoms with Gasteiger partial charge in [-0.2, -0.15) is 0 Å². The number of amides is 1. The number of rotatable bonds is 2. The molecule has 2 rings (SSSR count). The van der Waals surface area contributed by atoms with Crippen LogP contribution in [0.2, 0.25) is 0 Å². The number of nitrogens with zero attached hydrogens (tertiary/aromatic N) is 2. The minimum Gasteiger partial charge on any atom is -0.293 e. The molecule has 1 aromatic rings. The van der Waals surface area contributed by atoms with E-state index in [1.807, 2.05) is 0 Å². The van der Waals surface area contributed by atoms with Crippen molar-refractivity contribution in [3.05, 3.63) is 39.9 Å². The molecule has 0 unspecified atom stereocenters. The lowest BCUT2D eigenvalue weighted by Gasteiger charge is -2.14. The SMILES string of the molecule is O=C(c1ccccc1[N+](=O)[O-])N1CCSC1=S. The molecule has 0 spiro atoms. The normalized spacial score (nSPS) is 15.1. The van der Waals surface area contributed by atoms with E-state index in [4.69, 9.17) is 12.2 Å². The number of thioether (sulfide) groups is 1. The van der Waals surface area contributed by atoms with Crippen LogP contribution < -0.4 is 0 Å². The number of thiocarbonyl (C=S) groups is 1. The zero-order valence-electron chi connectivity index (χ0n) is 8.66. The number of nitro benzene ring substituents is 1. The van der Waals surface area contributed by atoms with Gasteiger partial charge in [-0.1, -0.05) is 36.1 Å². The summed E-state index contributed by atoms with van der Waals surface area (Å²) in [5, 5.41) is 10.8. The van der Waals surface area contributed by atoms with Gasteiger partial charge in [0.25, 0.3) is 11.6 Å². The molecule has 88 valence electrons. The number of benzene rings is 1. The molecular formula is C10H8N2O3S2. The number of para-hydroxylation sites is 1. The van der Waals surface area contributed by atoms with Crippen LogP contribution in [0.4, 0.5) is 5.69 Å². The standard InChI is InChI=1S/C10H8N2O3S2/c13-9(11-5-6-17-10(11)16)7-3-1-2-4-8(7)12(14)15/h1-4H,5-6H2. The van der Waals surface area contributed by atoms with Crippen molar-refractivity contribution < 1.29 is 9.72 Å². The summed E-state index contributed by atoms with van der Waals surface area (Å²) in [4.78, 5) is 23.8. The number of nitro groups is 1. The van der Waals surface area contributed by atoms with Crippen LogP contribution in [-0.4, -0.2) is 32.3 Å². The van der Waals surface area contributed by atoms with Crippen LogP contribution in [0.1, 0.15) is 10.4 Å². The summed E-state index contributed by atoms with van der Waals surface area (Å²) in [6.07, 6.45) is 0. The number of carbonyl (C=O) groups excluding carboxylic acids is 1. The van der Waals surface area contributed by atoms with E-state index in [2.05, 4.69) is 0 Å². The van der Waals surface area contributed by atoms with Crippen LogP contribution in [0.5, 0.6) is 0 Å². The molecule has 0 bridgehead atoms. The van der Waals surface area contributed by atoms with E-state index in [9.17, 15) is 14.9 Å². The molecule has 17 heavy (non-hydrogen) atoms. The van der Waals surface area contributed by atoms with E-state index >= 15 is 0 Å². The van der Waals surface area contributed by atoms with Gasteiger partial charge in [0.1, 0.15) is 9.88 Å². The summed E-state index contributed by atoms with van der Waals surface area (Å²) in [6.45, 7) is 0.508. The molecule has 0 saturated carbocycles. The molecule has 0 aliphatic carbocycles. The lowest BCUT2D eigenvalue weighted by molar-refractivity contribution is -0.385. The van der Waals surface area contributed by atoms with Crippen molar-refractivity contribution in [2.45, 2.75) is 0 Å². The van der Waals surface area contributed by atoms with Crippen molar-refractivity contribution in [3.63, 3.8) is 0 Å². The maximum absolute atomic E-state index is 12.1. The average Bonchev–Trinajstić information content (AvgIpc) is 2.74. The van der Waals surface area contributed by atoms with E-state index in [0.717, 1.165) is 5.75 Å². The highest BCUT2D eigenvalue weighted by Crippen LogP contribution is 2.24. The van der Waals surface area contributed by atoms with E-state index in [0.29, 0.717) is 10.9 Å². The zero-order valence-corrected chi connectivity index (χ0v) is 10.3. The lowest BCUT2D eigenvalue weighted by Crippen LogP contribution is -2.31. The van der Waals surface area contributed by atoms with Crippen LogP contribution in [0, 0.1) is 10.1 Å². The summed E-state index contributed by atoms with van der Waals surface area (Å²) < 4.78 is 0.480. The molecule has 0 atom stereocenters. The molecule has 5 nitrogen and oxygen atoms in total. The van der Waals surface area contributed by atoms with Crippen molar-refractivity contribution in [1.82, 2.24) is 4.90 Å². The topological polar surface area (TPSA) is 63.4 Å². The van der Waals surface area contributed by atoms with Gasteiger partial charge in [0.05, 0.1) is 4.92 Å². The number of hydrogen-bond acceptors (Lipinski definition) is 5. The van der Waals surface area contributed by atoms with Crippen molar-refractivity contribution in [2.24, 2.45) is 0 Å². The summed E-state index contributed by atoms with van der Waals surface area (Å²) in [5.74, 6) is 0.345. The van der Waals surface area contributed by atoms with Gasteiger partial charge in [-0.3, -0.25) is 19.8 Å². The molecule has 1 heterocycles. The fraction of sp³-hybridized carbons (Fsp3) is 0.200. The van der Waals surface area contributed by atoms with Gasteiger partial charge >= 0.3 is 0 Å². The highest BCUT2D eigenvalue weighted by atomic mass is 32.2. The Morgan fingerprint density at radius 2 is 2.18 bits per heavy atom. The van der Waals surface area contributed by atoms with Crippen molar-refractivity contribution in [2.75, 3.05) is 12.3 Å². The van der Waals surface area contributed by atoms with E-state index in [1.54, 1.807) is 6.07 Å². The second-order valence-electron chi connectivity index (χ2n) is 3.35. The van der Waals surface area contributed by atoms with Crippen LogP contribution in [-0.2, 0) is 0 Å². The van der Waals surface area contributed by atoms with Gasteiger partial charge in [-0.15, -0.1) is 0 Å². The maximum atomic E-state index is 12.1. The summed E-state index contributed by atoms with van der Waals surface area (Å²) in [6, 6.07) is 5.91. The monoisotopic (exact) mass is 268 g/mol. The summed E-state index contributed by atoms with van der Waals surface area (Å²) in [7, 11) is 0. The molecule has 1 fully saturated rings. The van der Waals surface area contributed by atoms with Gasteiger partial charge in [0.15, 0.2) is 0 Å². The van der Waals surface area contributed by atoms with E-state index < -0.39 is 10.8 Å². The Morgan fingerprint density at radius 3 is 2.76 bits per heavy atom. The Kier molecular flexibility index (Phi) is 3.39.